The van der Waals surface area contributed by atoms with Crippen LogP contribution in [0.25, 0.3) is 0 Å². The Morgan fingerprint density at radius 2 is 2.12 bits per heavy atom. The molecule has 1 saturated carbocycles. The zero-order valence-electron chi connectivity index (χ0n) is 15.6. The summed E-state index contributed by atoms with van der Waals surface area (Å²) in [5, 5.41) is 2.96. The van der Waals surface area contributed by atoms with Crippen LogP contribution in [-0.2, 0) is 4.79 Å². The third kappa shape index (κ3) is 3.20. The van der Waals surface area contributed by atoms with Crippen molar-refractivity contribution in [2.24, 2.45) is 0 Å². The first-order valence-corrected chi connectivity index (χ1v) is 9.59. The zero-order valence-corrected chi connectivity index (χ0v) is 15.6. The van der Waals surface area contributed by atoms with Gasteiger partial charge in [0.05, 0.1) is 11.3 Å². The van der Waals surface area contributed by atoms with Gasteiger partial charge in [-0.2, -0.15) is 0 Å². The van der Waals surface area contributed by atoms with Crippen molar-refractivity contribution in [2.45, 2.75) is 50.5 Å². The second-order valence-electron chi connectivity index (χ2n) is 7.97. The molecule has 0 aromatic carbocycles. The minimum Gasteiger partial charge on any atom is -0.356 e. The van der Waals surface area contributed by atoms with Crippen LogP contribution in [0.1, 0.15) is 59.9 Å². The minimum absolute atomic E-state index is 0.0147. The molecule has 7 heteroatoms. The first-order valence-electron chi connectivity index (χ1n) is 9.59. The number of hydrogen-bond donors (Lipinski definition) is 1. The molecule has 1 unspecified atom stereocenters. The van der Waals surface area contributed by atoms with Gasteiger partial charge in [-0.1, -0.05) is 0 Å². The van der Waals surface area contributed by atoms with E-state index in [1.54, 1.807) is 6.20 Å². The molecule has 2 aliphatic heterocycles. The van der Waals surface area contributed by atoms with Crippen LogP contribution in [-0.4, -0.2) is 70.3 Å². The van der Waals surface area contributed by atoms with Gasteiger partial charge in [0, 0.05) is 50.3 Å². The molecule has 1 atom stereocenters. The number of nitrogens with zero attached hydrogens (tertiary/aromatic N) is 4. The van der Waals surface area contributed by atoms with Crippen molar-refractivity contribution < 1.29 is 9.59 Å². The van der Waals surface area contributed by atoms with Gasteiger partial charge in [-0.25, -0.2) is 9.97 Å². The van der Waals surface area contributed by atoms with Crippen LogP contribution < -0.4 is 5.32 Å². The summed E-state index contributed by atoms with van der Waals surface area (Å²) >= 11 is 0. The molecule has 26 heavy (non-hydrogen) atoms. The molecule has 140 valence electrons. The number of rotatable bonds is 2. The summed E-state index contributed by atoms with van der Waals surface area (Å²) in [5.74, 6) is 1.49. The maximum Gasteiger partial charge on any atom is 0.257 e. The van der Waals surface area contributed by atoms with Crippen molar-refractivity contribution in [1.82, 2.24) is 25.1 Å². The maximum atomic E-state index is 13.1. The lowest BCUT2D eigenvalue weighted by Gasteiger charge is -2.49. The quantitative estimate of drug-likeness (QED) is 0.857. The Labute approximate surface area is 154 Å². The van der Waals surface area contributed by atoms with E-state index in [1.165, 1.54) is 0 Å². The van der Waals surface area contributed by atoms with Crippen LogP contribution in [0.5, 0.6) is 0 Å². The number of aromatic nitrogens is 2. The lowest BCUT2D eigenvalue weighted by Crippen LogP contribution is -2.62. The summed E-state index contributed by atoms with van der Waals surface area (Å²) in [6.45, 7) is 4.74. The van der Waals surface area contributed by atoms with Gasteiger partial charge in [0.15, 0.2) is 0 Å². The molecule has 1 spiro atoms. The summed E-state index contributed by atoms with van der Waals surface area (Å²) in [6.07, 6.45) is 6.19. The van der Waals surface area contributed by atoms with Crippen LogP contribution in [0.3, 0.4) is 0 Å². The number of likely N-dealkylation sites (N-methyl/N-ethyl adjacent to an activating group) is 1. The first kappa shape index (κ1) is 17.4. The molecule has 4 rings (SSSR count). The van der Waals surface area contributed by atoms with Crippen molar-refractivity contribution in [3.05, 3.63) is 23.3 Å². The Kier molecular flexibility index (Phi) is 4.42. The van der Waals surface area contributed by atoms with Crippen LogP contribution in [0.15, 0.2) is 6.20 Å². The molecule has 1 aromatic rings. The van der Waals surface area contributed by atoms with Gasteiger partial charge in [0.1, 0.15) is 5.82 Å². The van der Waals surface area contributed by atoms with E-state index in [9.17, 15) is 9.59 Å². The fourth-order valence-electron chi connectivity index (χ4n) is 4.17. The summed E-state index contributed by atoms with van der Waals surface area (Å²) in [7, 11) is 2.11. The van der Waals surface area contributed by atoms with Gasteiger partial charge >= 0.3 is 0 Å². The van der Waals surface area contributed by atoms with Crippen molar-refractivity contribution in [1.29, 1.82) is 0 Å². The Bertz CT molecular complexity index is 733. The summed E-state index contributed by atoms with van der Waals surface area (Å²) in [4.78, 5) is 38.2. The molecular weight excluding hydrogens is 330 g/mol. The summed E-state index contributed by atoms with van der Waals surface area (Å²) in [5.41, 5.74) is 1.25. The van der Waals surface area contributed by atoms with E-state index in [2.05, 4.69) is 27.2 Å². The van der Waals surface area contributed by atoms with E-state index < -0.39 is 0 Å². The number of hydrogen-bond acceptors (Lipinski definition) is 5. The number of carbonyl (C=O) groups is 2. The van der Waals surface area contributed by atoms with Crippen LogP contribution >= 0.6 is 0 Å². The second-order valence-corrected chi connectivity index (χ2v) is 7.97. The molecule has 3 heterocycles. The van der Waals surface area contributed by atoms with Gasteiger partial charge in [0.2, 0.25) is 5.91 Å². The van der Waals surface area contributed by atoms with E-state index in [0.717, 1.165) is 43.7 Å². The van der Waals surface area contributed by atoms with Gasteiger partial charge in [-0.3, -0.25) is 14.5 Å². The zero-order chi connectivity index (χ0) is 18.3. The Morgan fingerprint density at radius 3 is 2.85 bits per heavy atom. The average Bonchev–Trinajstić information content (AvgIpc) is 3.47. The molecular formula is C19H27N5O2. The molecule has 7 nitrogen and oxygen atoms in total. The first-order chi connectivity index (χ1) is 12.5. The maximum absolute atomic E-state index is 13.1. The van der Waals surface area contributed by atoms with Crippen molar-refractivity contribution >= 4 is 11.8 Å². The van der Waals surface area contributed by atoms with Crippen LogP contribution in [0, 0.1) is 6.92 Å². The van der Waals surface area contributed by atoms with Crippen molar-refractivity contribution in [3.63, 3.8) is 0 Å². The monoisotopic (exact) mass is 357 g/mol. The van der Waals surface area contributed by atoms with Gasteiger partial charge in [-0.05, 0) is 39.7 Å². The van der Waals surface area contributed by atoms with E-state index in [0.29, 0.717) is 37.5 Å². The average molecular weight is 357 g/mol. The standard InChI is InChI=1S/C19H27N5O2/c1-13-15(11-21-17(22-13)14-3-4-14)18(26)24-10-9-23(2)19(12-24)6-5-16(25)20-8-7-19/h11,14H,3-10,12H2,1-2H3,(H,20,25). The molecule has 1 aromatic heterocycles. The largest absolute Gasteiger partial charge is 0.356 e. The van der Waals surface area contributed by atoms with Gasteiger partial charge < -0.3 is 10.2 Å². The molecule has 1 N–H and O–H groups in total. The second kappa shape index (κ2) is 6.61. The molecule has 3 fully saturated rings. The molecule has 1 aliphatic carbocycles. The fourth-order valence-corrected chi connectivity index (χ4v) is 4.17. The molecule has 0 radical (unpaired) electrons. The highest BCUT2D eigenvalue weighted by molar-refractivity contribution is 5.95. The Hall–Kier alpha value is -2.02. The van der Waals surface area contributed by atoms with E-state index >= 15 is 0 Å². The SMILES string of the molecule is Cc1nc(C2CC2)ncc1C(=O)N1CCN(C)C2(CCNC(=O)CC2)C1. The topological polar surface area (TPSA) is 78.4 Å². The molecule has 2 saturated heterocycles. The Morgan fingerprint density at radius 1 is 1.31 bits per heavy atom. The highest BCUT2D eigenvalue weighted by atomic mass is 16.2. The minimum atomic E-state index is -0.129. The molecule has 2 amide bonds. The number of amides is 2. The summed E-state index contributed by atoms with van der Waals surface area (Å²) < 4.78 is 0. The number of piperazine rings is 1. The van der Waals surface area contributed by atoms with Crippen LogP contribution in [0.2, 0.25) is 0 Å². The lowest BCUT2D eigenvalue weighted by molar-refractivity contribution is -0.121. The highest BCUT2D eigenvalue weighted by Crippen LogP contribution is 2.38. The van der Waals surface area contributed by atoms with Crippen molar-refractivity contribution in [3.8, 4) is 0 Å². The third-order valence-electron chi connectivity index (χ3n) is 6.19. The number of carbonyl (C=O) groups excluding carboxylic acids is 2. The Balaban J connectivity index is 1.53. The molecule has 3 aliphatic rings. The molecule has 0 bridgehead atoms. The predicted molar refractivity (Wildman–Crippen MR) is 96.9 cm³/mol. The fraction of sp³-hybridized carbons (Fsp3) is 0.684. The van der Waals surface area contributed by atoms with E-state index in [1.807, 2.05) is 11.8 Å². The number of aryl methyl sites for hydroxylation is 1. The number of nitrogens with one attached hydrogen (secondary N) is 1. The lowest BCUT2D eigenvalue weighted by atomic mass is 9.86. The summed E-state index contributed by atoms with van der Waals surface area (Å²) in [6, 6.07) is 0. The smallest absolute Gasteiger partial charge is 0.257 e. The van der Waals surface area contributed by atoms with E-state index in [4.69, 9.17) is 0 Å². The normalized spacial score (nSPS) is 27.3. The predicted octanol–water partition coefficient (Wildman–Crippen LogP) is 1.09. The van der Waals surface area contributed by atoms with Crippen molar-refractivity contribution in [2.75, 3.05) is 33.2 Å². The highest BCUT2D eigenvalue weighted by Gasteiger charge is 2.42. The van der Waals surface area contributed by atoms with Crippen LogP contribution in [0.4, 0.5) is 0 Å². The van der Waals surface area contributed by atoms with Gasteiger partial charge in [-0.15, -0.1) is 0 Å². The third-order valence-corrected chi connectivity index (χ3v) is 6.19. The van der Waals surface area contributed by atoms with Gasteiger partial charge in [0.25, 0.3) is 5.91 Å². The van der Waals surface area contributed by atoms with E-state index in [-0.39, 0.29) is 17.4 Å².